The molecule has 1 aliphatic rings. The molecule has 1 aliphatic heterocycles. The third-order valence-corrected chi connectivity index (χ3v) is 3.72. The summed E-state index contributed by atoms with van der Waals surface area (Å²) < 4.78 is 4.53. The number of alkyl halides is 1. The van der Waals surface area contributed by atoms with E-state index in [1.54, 1.807) is 0 Å². The number of rotatable bonds is 2. The number of hydrogen-bond donors (Lipinski definition) is 1. The summed E-state index contributed by atoms with van der Waals surface area (Å²) in [7, 11) is 1.22. The first kappa shape index (κ1) is 13.5. The van der Waals surface area contributed by atoms with Crippen molar-refractivity contribution in [3.8, 4) is 0 Å². The summed E-state index contributed by atoms with van der Waals surface area (Å²) in [6.45, 7) is 0. The predicted octanol–water partition coefficient (Wildman–Crippen LogP) is 2.94. The Morgan fingerprint density at radius 1 is 1.44 bits per heavy atom. The van der Waals surface area contributed by atoms with Crippen molar-refractivity contribution < 1.29 is 14.3 Å². The van der Waals surface area contributed by atoms with E-state index < -0.39 is 16.8 Å². The maximum atomic E-state index is 11.9. The van der Waals surface area contributed by atoms with Crippen LogP contribution in [-0.4, -0.2) is 19.0 Å². The molecule has 0 saturated heterocycles. The zero-order chi connectivity index (χ0) is 13.5. The lowest BCUT2D eigenvalue weighted by atomic mass is 9.96. The second kappa shape index (κ2) is 4.61. The molecule has 2 rings (SSSR count). The lowest BCUT2D eigenvalue weighted by molar-refractivity contribution is -0.142. The van der Waals surface area contributed by atoms with Crippen LogP contribution in [0.5, 0.6) is 0 Å². The number of halogens is 3. The second-order valence-electron chi connectivity index (χ2n) is 3.82. The van der Waals surface area contributed by atoms with Crippen LogP contribution >= 0.6 is 34.8 Å². The average Bonchev–Trinajstić information content (AvgIpc) is 2.53. The van der Waals surface area contributed by atoms with E-state index in [4.69, 9.17) is 34.8 Å². The number of esters is 1. The Hall–Kier alpha value is -0.970. The molecule has 1 N–H and O–H groups in total. The van der Waals surface area contributed by atoms with Crippen molar-refractivity contribution in [3.05, 3.63) is 27.7 Å². The van der Waals surface area contributed by atoms with Crippen LogP contribution in [0.1, 0.15) is 12.0 Å². The lowest BCUT2D eigenvalue weighted by Crippen LogP contribution is -2.31. The molecule has 7 heteroatoms. The van der Waals surface area contributed by atoms with Gasteiger partial charge >= 0.3 is 5.97 Å². The smallest absolute Gasteiger partial charge is 0.308 e. The van der Waals surface area contributed by atoms with E-state index >= 15 is 0 Å². The number of anilines is 1. The molecule has 0 aromatic heterocycles. The first-order valence-corrected chi connectivity index (χ1v) is 6.08. The molecule has 96 valence electrons. The molecule has 1 unspecified atom stereocenters. The fourth-order valence-corrected chi connectivity index (χ4v) is 2.64. The molecule has 0 bridgehead atoms. The van der Waals surface area contributed by atoms with E-state index in [1.165, 1.54) is 19.2 Å². The SMILES string of the molecule is COC(=O)CC1(Cl)C(=O)Nc2c(Cl)cc(Cl)cc21. The van der Waals surface area contributed by atoms with E-state index in [-0.39, 0.29) is 11.4 Å². The van der Waals surface area contributed by atoms with Gasteiger partial charge in [0.2, 0.25) is 0 Å². The van der Waals surface area contributed by atoms with Crippen molar-refractivity contribution in [1.82, 2.24) is 0 Å². The van der Waals surface area contributed by atoms with Crippen LogP contribution in [0.4, 0.5) is 5.69 Å². The van der Waals surface area contributed by atoms with Gasteiger partial charge in [0.1, 0.15) is 0 Å². The first-order chi connectivity index (χ1) is 8.38. The van der Waals surface area contributed by atoms with Gasteiger partial charge in [-0.1, -0.05) is 23.2 Å². The molecule has 1 heterocycles. The highest BCUT2D eigenvalue weighted by molar-refractivity contribution is 6.43. The van der Waals surface area contributed by atoms with Crippen LogP contribution in [0.2, 0.25) is 10.0 Å². The highest BCUT2D eigenvalue weighted by atomic mass is 35.5. The van der Waals surface area contributed by atoms with Crippen LogP contribution in [-0.2, 0) is 19.2 Å². The molecular formula is C11H8Cl3NO3. The van der Waals surface area contributed by atoms with E-state index in [2.05, 4.69) is 10.1 Å². The van der Waals surface area contributed by atoms with Crippen LogP contribution in [0.25, 0.3) is 0 Å². The lowest BCUT2D eigenvalue weighted by Gasteiger charge is -2.18. The highest BCUT2D eigenvalue weighted by Crippen LogP contribution is 2.47. The van der Waals surface area contributed by atoms with Crippen molar-refractivity contribution in [2.45, 2.75) is 11.3 Å². The van der Waals surface area contributed by atoms with Crippen LogP contribution < -0.4 is 5.32 Å². The summed E-state index contributed by atoms with van der Waals surface area (Å²) in [5, 5.41) is 3.16. The average molecular weight is 309 g/mol. The number of amides is 1. The normalized spacial score (nSPS) is 21.4. The zero-order valence-corrected chi connectivity index (χ0v) is 11.5. The van der Waals surface area contributed by atoms with Gasteiger partial charge in [0, 0.05) is 10.6 Å². The fraction of sp³-hybridized carbons (Fsp3) is 0.273. The van der Waals surface area contributed by atoms with Gasteiger partial charge in [0.25, 0.3) is 5.91 Å². The maximum Gasteiger partial charge on any atom is 0.308 e. The summed E-state index contributed by atoms with van der Waals surface area (Å²) in [5.41, 5.74) is 0.766. The number of ether oxygens (including phenoxy) is 1. The molecule has 0 fully saturated rings. The predicted molar refractivity (Wildman–Crippen MR) is 69.3 cm³/mol. The van der Waals surface area contributed by atoms with E-state index in [0.29, 0.717) is 16.3 Å². The van der Waals surface area contributed by atoms with Gasteiger partial charge in [0.05, 0.1) is 24.2 Å². The molecule has 0 saturated carbocycles. The third kappa shape index (κ3) is 2.05. The van der Waals surface area contributed by atoms with Gasteiger partial charge in [-0.2, -0.15) is 0 Å². The Morgan fingerprint density at radius 2 is 2.11 bits per heavy atom. The summed E-state index contributed by atoms with van der Waals surface area (Å²) in [4.78, 5) is 21.7. The van der Waals surface area contributed by atoms with Crippen molar-refractivity contribution in [2.24, 2.45) is 0 Å². The molecule has 0 spiro atoms. The molecule has 1 atom stereocenters. The molecule has 1 aromatic rings. The summed E-state index contributed by atoms with van der Waals surface area (Å²) in [6.07, 6.45) is -0.291. The Balaban J connectivity index is 2.53. The van der Waals surface area contributed by atoms with E-state index in [9.17, 15) is 9.59 Å². The number of benzene rings is 1. The van der Waals surface area contributed by atoms with Crippen molar-refractivity contribution in [3.63, 3.8) is 0 Å². The Kier molecular flexibility index (Phi) is 3.45. The molecule has 0 aliphatic carbocycles. The topological polar surface area (TPSA) is 55.4 Å². The number of carbonyl (C=O) groups excluding carboxylic acids is 2. The minimum Gasteiger partial charge on any atom is -0.469 e. The molecular weight excluding hydrogens is 300 g/mol. The number of fused-ring (bicyclic) bond motifs is 1. The van der Waals surface area contributed by atoms with Crippen LogP contribution in [0.15, 0.2) is 12.1 Å². The molecule has 1 aromatic carbocycles. The molecule has 18 heavy (non-hydrogen) atoms. The number of carbonyl (C=O) groups is 2. The maximum absolute atomic E-state index is 11.9. The van der Waals surface area contributed by atoms with Crippen molar-refractivity contribution in [1.29, 1.82) is 0 Å². The quantitative estimate of drug-likeness (QED) is 0.675. The monoisotopic (exact) mass is 307 g/mol. The number of methoxy groups -OCH3 is 1. The number of nitrogens with one attached hydrogen (secondary N) is 1. The van der Waals surface area contributed by atoms with Gasteiger partial charge in [-0.25, -0.2) is 0 Å². The van der Waals surface area contributed by atoms with Gasteiger partial charge in [-0.3, -0.25) is 9.59 Å². The summed E-state index contributed by atoms with van der Waals surface area (Å²) >= 11 is 18.1. The highest BCUT2D eigenvalue weighted by Gasteiger charge is 2.48. The Labute approximate surface area is 118 Å². The second-order valence-corrected chi connectivity index (χ2v) is 5.31. The molecule has 4 nitrogen and oxygen atoms in total. The van der Waals surface area contributed by atoms with Gasteiger partial charge in [0.15, 0.2) is 4.87 Å². The fourth-order valence-electron chi connectivity index (χ4n) is 1.79. The largest absolute Gasteiger partial charge is 0.469 e. The minimum absolute atomic E-state index is 0.276. The third-order valence-electron chi connectivity index (χ3n) is 2.70. The summed E-state index contributed by atoms with van der Waals surface area (Å²) in [6, 6.07) is 3.00. The first-order valence-electron chi connectivity index (χ1n) is 4.95. The Morgan fingerprint density at radius 3 is 2.72 bits per heavy atom. The van der Waals surface area contributed by atoms with Crippen molar-refractivity contribution in [2.75, 3.05) is 12.4 Å². The number of hydrogen-bond acceptors (Lipinski definition) is 3. The van der Waals surface area contributed by atoms with E-state index in [1.807, 2.05) is 0 Å². The van der Waals surface area contributed by atoms with Crippen LogP contribution in [0.3, 0.4) is 0 Å². The van der Waals surface area contributed by atoms with Gasteiger partial charge in [-0.15, -0.1) is 11.6 Å². The van der Waals surface area contributed by atoms with Crippen molar-refractivity contribution >= 4 is 52.4 Å². The Bertz CT molecular complexity index is 547. The van der Waals surface area contributed by atoms with E-state index in [0.717, 1.165) is 0 Å². The molecule has 1 amide bonds. The summed E-state index contributed by atoms with van der Waals surface area (Å²) in [5.74, 6) is -1.11. The standard InChI is InChI=1S/C11H8Cl3NO3/c1-18-8(16)4-11(14)6-2-5(12)3-7(13)9(6)15-10(11)17/h2-3H,4H2,1H3,(H,15,17). The zero-order valence-electron chi connectivity index (χ0n) is 9.22. The van der Waals surface area contributed by atoms with Gasteiger partial charge < -0.3 is 10.1 Å². The molecule has 0 radical (unpaired) electrons. The van der Waals surface area contributed by atoms with Gasteiger partial charge in [-0.05, 0) is 12.1 Å². The minimum atomic E-state index is -1.53. The van der Waals surface area contributed by atoms with Crippen LogP contribution in [0, 0.1) is 0 Å².